The summed E-state index contributed by atoms with van der Waals surface area (Å²) in [5, 5.41) is 3.70. The highest BCUT2D eigenvalue weighted by Gasteiger charge is 2.11. The molecule has 1 saturated carbocycles. The number of unbranched alkanes of at least 4 members (excludes halogenated alkanes) is 4. The standard InChI is InChI=1S/C13H27N.H3N/c1-2-3-4-5-9-12-14-13-10-7-6-8-11-13;/h13-14H,2-12H2,1H3;1H3. The fourth-order valence-corrected chi connectivity index (χ4v) is 2.34. The lowest BCUT2D eigenvalue weighted by Gasteiger charge is -2.22. The van der Waals surface area contributed by atoms with Crippen molar-refractivity contribution in [1.82, 2.24) is 11.5 Å². The molecule has 0 aromatic heterocycles. The molecule has 0 saturated heterocycles. The minimum Gasteiger partial charge on any atom is -0.344 e. The van der Waals surface area contributed by atoms with Crippen LogP contribution in [0.15, 0.2) is 0 Å². The molecule has 1 aliphatic carbocycles. The molecule has 0 unspecified atom stereocenters. The van der Waals surface area contributed by atoms with E-state index in [0.29, 0.717) is 0 Å². The maximum absolute atomic E-state index is 3.70. The van der Waals surface area contributed by atoms with Crippen LogP contribution < -0.4 is 11.5 Å². The van der Waals surface area contributed by atoms with E-state index in [1.165, 1.54) is 70.8 Å². The molecule has 15 heavy (non-hydrogen) atoms. The van der Waals surface area contributed by atoms with E-state index in [2.05, 4.69) is 12.2 Å². The van der Waals surface area contributed by atoms with E-state index < -0.39 is 0 Å². The van der Waals surface area contributed by atoms with Crippen LogP contribution in [-0.2, 0) is 0 Å². The topological polar surface area (TPSA) is 47.0 Å². The van der Waals surface area contributed by atoms with Crippen molar-refractivity contribution >= 4 is 0 Å². The molecule has 2 heteroatoms. The van der Waals surface area contributed by atoms with Gasteiger partial charge in [-0.3, -0.25) is 0 Å². The molecule has 1 aliphatic rings. The van der Waals surface area contributed by atoms with Crippen molar-refractivity contribution < 1.29 is 0 Å². The fourth-order valence-electron chi connectivity index (χ4n) is 2.34. The van der Waals surface area contributed by atoms with E-state index >= 15 is 0 Å². The summed E-state index contributed by atoms with van der Waals surface area (Å²) in [5.41, 5.74) is 0. The van der Waals surface area contributed by atoms with Crippen LogP contribution in [-0.4, -0.2) is 12.6 Å². The van der Waals surface area contributed by atoms with Crippen LogP contribution in [0, 0.1) is 0 Å². The Balaban J connectivity index is 0.00000196. The van der Waals surface area contributed by atoms with Crippen LogP contribution >= 0.6 is 0 Å². The van der Waals surface area contributed by atoms with Gasteiger partial charge in [0.25, 0.3) is 0 Å². The van der Waals surface area contributed by atoms with E-state index in [1.54, 1.807) is 0 Å². The summed E-state index contributed by atoms with van der Waals surface area (Å²) in [5.74, 6) is 0. The highest BCUT2D eigenvalue weighted by Crippen LogP contribution is 2.17. The summed E-state index contributed by atoms with van der Waals surface area (Å²) < 4.78 is 0. The van der Waals surface area contributed by atoms with Crippen LogP contribution in [0.25, 0.3) is 0 Å². The SMILES string of the molecule is CCCCCCCNC1CCCCC1.N. The summed E-state index contributed by atoms with van der Waals surface area (Å²) in [4.78, 5) is 0. The first-order valence-electron chi connectivity index (χ1n) is 6.67. The lowest BCUT2D eigenvalue weighted by molar-refractivity contribution is 0.370. The number of hydrogen-bond acceptors (Lipinski definition) is 2. The highest BCUT2D eigenvalue weighted by atomic mass is 14.9. The van der Waals surface area contributed by atoms with Crippen LogP contribution in [0.4, 0.5) is 0 Å². The zero-order chi connectivity index (χ0) is 10.1. The van der Waals surface area contributed by atoms with Gasteiger partial charge in [-0.2, -0.15) is 0 Å². The summed E-state index contributed by atoms with van der Waals surface area (Å²) in [6, 6.07) is 0.856. The van der Waals surface area contributed by atoms with Crippen molar-refractivity contribution in [2.24, 2.45) is 0 Å². The van der Waals surface area contributed by atoms with Crippen molar-refractivity contribution in [2.75, 3.05) is 6.54 Å². The molecule has 0 amide bonds. The first-order valence-corrected chi connectivity index (χ1v) is 6.67. The van der Waals surface area contributed by atoms with Gasteiger partial charge in [0.05, 0.1) is 0 Å². The average molecular weight is 214 g/mol. The van der Waals surface area contributed by atoms with Crippen LogP contribution in [0.5, 0.6) is 0 Å². The molecule has 2 nitrogen and oxygen atoms in total. The normalized spacial score (nSPS) is 17.4. The molecule has 0 aliphatic heterocycles. The number of hydrogen-bond donors (Lipinski definition) is 2. The molecule has 1 rings (SSSR count). The van der Waals surface area contributed by atoms with Crippen molar-refractivity contribution in [1.29, 1.82) is 0 Å². The van der Waals surface area contributed by atoms with Gasteiger partial charge in [-0.25, -0.2) is 0 Å². The minimum atomic E-state index is 0. The Morgan fingerprint density at radius 3 is 2.27 bits per heavy atom. The zero-order valence-corrected chi connectivity index (χ0v) is 10.6. The second kappa shape index (κ2) is 10.4. The molecular weight excluding hydrogens is 184 g/mol. The first-order chi connectivity index (χ1) is 6.93. The third-order valence-corrected chi connectivity index (χ3v) is 3.32. The monoisotopic (exact) mass is 214 g/mol. The molecule has 92 valence electrons. The van der Waals surface area contributed by atoms with E-state index in [0.717, 1.165) is 6.04 Å². The highest BCUT2D eigenvalue weighted by molar-refractivity contribution is 4.71. The second-order valence-corrected chi connectivity index (χ2v) is 4.70. The third kappa shape index (κ3) is 7.80. The van der Waals surface area contributed by atoms with Gasteiger partial charge in [0.15, 0.2) is 0 Å². The summed E-state index contributed by atoms with van der Waals surface area (Å²) in [6.07, 6.45) is 14.2. The van der Waals surface area contributed by atoms with Gasteiger partial charge in [-0.1, -0.05) is 51.9 Å². The largest absolute Gasteiger partial charge is 0.344 e. The molecule has 0 atom stereocenters. The van der Waals surface area contributed by atoms with Crippen LogP contribution in [0.3, 0.4) is 0 Å². The molecule has 0 spiro atoms. The lowest BCUT2D eigenvalue weighted by atomic mass is 9.95. The summed E-state index contributed by atoms with van der Waals surface area (Å²) >= 11 is 0. The van der Waals surface area contributed by atoms with Gasteiger partial charge < -0.3 is 11.5 Å². The van der Waals surface area contributed by atoms with Gasteiger partial charge in [-0.05, 0) is 25.8 Å². The van der Waals surface area contributed by atoms with Crippen LogP contribution in [0.1, 0.15) is 71.1 Å². The zero-order valence-electron chi connectivity index (χ0n) is 10.6. The van der Waals surface area contributed by atoms with E-state index in [1.807, 2.05) is 0 Å². The molecule has 1 fully saturated rings. The molecule has 0 heterocycles. The van der Waals surface area contributed by atoms with E-state index in [9.17, 15) is 0 Å². The Labute approximate surface area is 95.8 Å². The smallest absolute Gasteiger partial charge is 0.00670 e. The summed E-state index contributed by atoms with van der Waals surface area (Å²) in [7, 11) is 0. The predicted octanol–water partition coefficient (Wildman–Crippen LogP) is 4.04. The Hall–Kier alpha value is -0.0800. The molecule has 0 aromatic carbocycles. The average Bonchev–Trinajstić information content (AvgIpc) is 2.25. The van der Waals surface area contributed by atoms with E-state index in [4.69, 9.17) is 0 Å². The molecular formula is C13H30N2. The first kappa shape index (κ1) is 14.9. The van der Waals surface area contributed by atoms with Crippen LogP contribution in [0.2, 0.25) is 0 Å². The Morgan fingerprint density at radius 1 is 0.933 bits per heavy atom. The Bertz CT molecular complexity index is 120. The maximum atomic E-state index is 3.70. The lowest BCUT2D eigenvalue weighted by Crippen LogP contribution is -2.31. The molecule has 0 bridgehead atoms. The quantitative estimate of drug-likeness (QED) is 0.628. The maximum Gasteiger partial charge on any atom is 0.00670 e. The van der Waals surface area contributed by atoms with Crippen molar-refractivity contribution in [3.63, 3.8) is 0 Å². The van der Waals surface area contributed by atoms with E-state index in [-0.39, 0.29) is 6.15 Å². The second-order valence-electron chi connectivity index (χ2n) is 4.70. The Morgan fingerprint density at radius 2 is 1.60 bits per heavy atom. The third-order valence-electron chi connectivity index (χ3n) is 3.32. The van der Waals surface area contributed by atoms with Crippen molar-refractivity contribution in [3.8, 4) is 0 Å². The van der Waals surface area contributed by atoms with Gasteiger partial charge >= 0.3 is 0 Å². The number of rotatable bonds is 7. The van der Waals surface area contributed by atoms with Crippen molar-refractivity contribution in [2.45, 2.75) is 77.2 Å². The minimum absolute atomic E-state index is 0. The molecule has 0 aromatic rings. The van der Waals surface area contributed by atoms with Gasteiger partial charge in [0, 0.05) is 6.04 Å². The predicted molar refractivity (Wildman–Crippen MR) is 68.7 cm³/mol. The molecule has 0 radical (unpaired) electrons. The Kier molecular flexibility index (Phi) is 10.4. The fraction of sp³-hybridized carbons (Fsp3) is 1.00. The van der Waals surface area contributed by atoms with Gasteiger partial charge in [-0.15, -0.1) is 0 Å². The van der Waals surface area contributed by atoms with Gasteiger partial charge in [0.1, 0.15) is 0 Å². The summed E-state index contributed by atoms with van der Waals surface area (Å²) in [6.45, 7) is 3.54. The molecule has 4 N–H and O–H groups in total. The van der Waals surface area contributed by atoms with Crippen molar-refractivity contribution in [3.05, 3.63) is 0 Å². The number of nitrogens with one attached hydrogen (secondary N) is 1. The van der Waals surface area contributed by atoms with Gasteiger partial charge in [0.2, 0.25) is 0 Å².